The molecule has 1 atom stereocenters. The minimum atomic E-state index is -0.595. The molecule has 0 saturated heterocycles. The third-order valence-electron chi connectivity index (χ3n) is 5.05. The monoisotopic (exact) mass is 412 g/mol. The SMILES string of the molecule is CCc1nsc2c1-c1cnc(N)c(c1)O[C@H](C)c1cc(F)ccc1C(=O)N(C)C2. The van der Waals surface area contributed by atoms with Crippen molar-refractivity contribution in [2.45, 2.75) is 32.9 Å². The van der Waals surface area contributed by atoms with Crippen LogP contribution in [0, 0.1) is 5.82 Å². The first-order chi connectivity index (χ1) is 13.9. The summed E-state index contributed by atoms with van der Waals surface area (Å²) in [6.07, 6.45) is 1.85. The average Bonchev–Trinajstić information content (AvgIpc) is 3.10. The Labute approximate surface area is 172 Å². The maximum absolute atomic E-state index is 14.0. The molecule has 0 fully saturated rings. The van der Waals surface area contributed by atoms with Crippen LogP contribution in [0.15, 0.2) is 30.5 Å². The van der Waals surface area contributed by atoms with E-state index in [1.165, 1.54) is 29.7 Å². The number of rotatable bonds is 1. The van der Waals surface area contributed by atoms with Crippen molar-refractivity contribution in [2.24, 2.45) is 0 Å². The highest BCUT2D eigenvalue weighted by molar-refractivity contribution is 7.06. The molecule has 0 unspecified atom stereocenters. The standard InChI is InChI=1S/C21H21FN4O2S/c1-4-16-19-12-7-17(20(23)24-9-12)28-11(2)15-8-13(22)5-6-14(15)21(27)26(3)10-18(19)29-25-16/h5-9,11H,4,10H2,1-3H3,(H2,23,24)/t11-/m1/s1. The molecule has 4 rings (SSSR count). The molecule has 0 aliphatic carbocycles. The number of anilines is 1. The second-order valence-corrected chi connectivity index (χ2v) is 7.90. The number of amides is 1. The summed E-state index contributed by atoms with van der Waals surface area (Å²) in [5.41, 5.74) is 9.64. The van der Waals surface area contributed by atoms with E-state index in [9.17, 15) is 9.18 Å². The van der Waals surface area contributed by atoms with E-state index in [1.807, 2.05) is 13.0 Å². The second-order valence-electron chi connectivity index (χ2n) is 7.04. The first-order valence-electron chi connectivity index (χ1n) is 9.34. The molecule has 1 aromatic carbocycles. The van der Waals surface area contributed by atoms with Gasteiger partial charge in [-0.25, -0.2) is 9.37 Å². The lowest BCUT2D eigenvalue weighted by atomic mass is 10.00. The Morgan fingerprint density at radius 3 is 2.93 bits per heavy atom. The van der Waals surface area contributed by atoms with E-state index in [2.05, 4.69) is 9.36 Å². The number of nitrogens with zero attached hydrogens (tertiary/aromatic N) is 3. The number of pyridine rings is 1. The highest BCUT2D eigenvalue weighted by Gasteiger charge is 2.25. The summed E-state index contributed by atoms with van der Waals surface area (Å²) in [4.78, 5) is 20.0. The van der Waals surface area contributed by atoms with Crippen LogP contribution in [0.4, 0.5) is 10.2 Å². The number of hydrogen-bond donors (Lipinski definition) is 1. The zero-order valence-corrected chi connectivity index (χ0v) is 17.2. The molecule has 0 spiro atoms. The van der Waals surface area contributed by atoms with Crippen LogP contribution in [0.5, 0.6) is 5.75 Å². The predicted octanol–water partition coefficient (Wildman–Crippen LogP) is 4.21. The maximum Gasteiger partial charge on any atom is 0.254 e. The van der Waals surface area contributed by atoms with Crippen LogP contribution in [0.2, 0.25) is 0 Å². The third-order valence-corrected chi connectivity index (χ3v) is 5.92. The van der Waals surface area contributed by atoms with Gasteiger partial charge in [0.2, 0.25) is 0 Å². The van der Waals surface area contributed by atoms with E-state index in [1.54, 1.807) is 25.1 Å². The van der Waals surface area contributed by atoms with E-state index in [4.69, 9.17) is 10.5 Å². The fourth-order valence-corrected chi connectivity index (χ4v) is 4.56. The number of nitrogens with two attached hydrogens (primary N) is 1. The van der Waals surface area contributed by atoms with Crippen molar-refractivity contribution in [3.63, 3.8) is 0 Å². The van der Waals surface area contributed by atoms with Gasteiger partial charge >= 0.3 is 0 Å². The first-order valence-corrected chi connectivity index (χ1v) is 10.1. The van der Waals surface area contributed by atoms with E-state index >= 15 is 0 Å². The number of halogens is 1. The highest BCUT2D eigenvalue weighted by Crippen LogP contribution is 2.37. The molecule has 1 aliphatic heterocycles. The maximum atomic E-state index is 14.0. The number of aromatic nitrogens is 2. The Bertz CT molecular complexity index is 1100. The molecule has 2 bridgehead atoms. The van der Waals surface area contributed by atoms with Gasteiger partial charge in [-0.05, 0) is 49.1 Å². The zero-order valence-electron chi connectivity index (χ0n) is 16.4. The molecule has 2 N–H and O–H groups in total. The Morgan fingerprint density at radius 1 is 1.38 bits per heavy atom. The molecule has 150 valence electrons. The molecule has 3 heterocycles. The van der Waals surface area contributed by atoms with Gasteiger partial charge in [0, 0.05) is 35.5 Å². The van der Waals surface area contributed by atoms with E-state index < -0.39 is 11.9 Å². The first kappa shape index (κ1) is 19.3. The normalized spacial score (nSPS) is 16.3. The molecular weight excluding hydrogens is 391 g/mol. The molecule has 3 aromatic rings. The smallest absolute Gasteiger partial charge is 0.254 e. The minimum Gasteiger partial charge on any atom is -0.482 e. The predicted molar refractivity (Wildman–Crippen MR) is 110 cm³/mol. The van der Waals surface area contributed by atoms with Crippen molar-refractivity contribution in [3.05, 3.63) is 58.0 Å². The van der Waals surface area contributed by atoms with Crippen LogP contribution in [-0.4, -0.2) is 27.2 Å². The number of nitrogen functional groups attached to an aromatic ring is 1. The summed E-state index contributed by atoms with van der Waals surface area (Å²) < 4.78 is 24.6. The number of carbonyl (C=O) groups excluding carboxylic acids is 1. The molecule has 0 saturated carbocycles. The summed E-state index contributed by atoms with van der Waals surface area (Å²) in [5, 5.41) is 0. The van der Waals surface area contributed by atoms with Crippen molar-refractivity contribution in [1.82, 2.24) is 14.3 Å². The van der Waals surface area contributed by atoms with Crippen LogP contribution in [0.25, 0.3) is 11.1 Å². The third kappa shape index (κ3) is 3.44. The van der Waals surface area contributed by atoms with Crippen LogP contribution >= 0.6 is 11.5 Å². The summed E-state index contributed by atoms with van der Waals surface area (Å²) >= 11 is 1.37. The molecule has 6 nitrogen and oxygen atoms in total. The number of ether oxygens (including phenoxy) is 1. The molecule has 8 heteroatoms. The zero-order chi connectivity index (χ0) is 20.7. The van der Waals surface area contributed by atoms with Crippen molar-refractivity contribution in [1.29, 1.82) is 0 Å². The van der Waals surface area contributed by atoms with Crippen LogP contribution < -0.4 is 10.5 Å². The summed E-state index contributed by atoms with van der Waals surface area (Å²) in [7, 11) is 1.73. The largest absolute Gasteiger partial charge is 0.482 e. The highest BCUT2D eigenvalue weighted by atomic mass is 32.1. The Hall–Kier alpha value is -3.00. The Kier molecular flexibility index (Phi) is 4.96. The van der Waals surface area contributed by atoms with Crippen molar-refractivity contribution in [3.8, 4) is 16.9 Å². The van der Waals surface area contributed by atoms with Gasteiger partial charge in [0.25, 0.3) is 5.91 Å². The topological polar surface area (TPSA) is 81.3 Å². The summed E-state index contributed by atoms with van der Waals surface area (Å²) in [6, 6.07) is 5.96. The Morgan fingerprint density at radius 2 is 2.17 bits per heavy atom. The number of hydrogen-bond acceptors (Lipinski definition) is 6. The average molecular weight is 412 g/mol. The second kappa shape index (κ2) is 7.44. The van der Waals surface area contributed by atoms with Gasteiger partial charge in [-0.1, -0.05) is 6.92 Å². The Balaban J connectivity index is 1.94. The summed E-state index contributed by atoms with van der Waals surface area (Å²) in [5.74, 6) is -0.00487. The van der Waals surface area contributed by atoms with E-state index in [0.717, 1.165) is 28.1 Å². The fourth-order valence-electron chi connectivity index (χ4n) is 3.54. The van der Waals surface area contributed by atoms with Gasteiger partial charge < -0.3 is 15.4 Å². The van der Waals surface area contributed by atoms with Gasteiger partial charge in [-0.15, -0.1) is 0 Å². The lowest BCUT2D eigenvalue weighted by molar-refractivity contribution is 0.0781. The van der Waals surface area contributed by atoms with Crippen molar-refractivity contribution >= 4 is 23.3 Å². The van der Waals surface area contributed by atoms with Gasteiger partial charge in [-0.2, -0.15) is 4.37 Å². The fraction of sp³-hybridized carbons (Fsp3) is 0.286. The van der Waals surface area contributed by atoms with Gasteiger partial charge in [-0.3, -0.25) is 4.79 Å². The van der Waals surface area contributed by atoms with Crippen molar-refractivity contribution in [2.75, 3.05) is 12.8 Å². The molecular formula is C21H21FN4O2S. The van der Waals surface area contributed by atoms with Gasteiger partial charge in [0.05, 0.1) is 17.1 Å². The van der Waals surface area contributed by atoms with E-state index in [0.29, 0.717) is 23.4 Å². The van der Waals surface area contributed by atoms with Crippen LogP contribution in [-0.2, 0) is 13.0 Å². The summed E-state index contributed by atoms with van der Waals surface area (Å²) in [6.45, 7) is 4.19. The van der Waals surface area contributed by atoms with Gasteiger partial charge in [0.15, 0.2) is 11.6 Å². The number of benzene rings is 1. The van der Waals surface area contributed by atoms with Crippen molar-refractivity contribution < 1.29 is 13.9 Å². The lowest BCUT2D eigenvalue weighted by Gasteiger charge is -2.24. The van der Waals surface area contributed by atoms with E-state index in [-0.39, 0.29) is 11.7 Å². The minimum absolute atomic E-state index is 0.205. The molecule has 1 aliphatic rings. The van der Waals surface area contributed by atoms with Crippen LogP contribution in [0.1, 0.15) is 46.4 Å². The molecule has 1 amide bonds. The number of aryl methyl sites for hydroxylation is 1. The lowest BCUT2D eigenvalue weighted by Crippen LogP contribution is -2.28. The molecule has 0 radical (unpaired) electrons. The molecule has 29 heavy (non-hydrogen) atoms. The van der Waals surface area contributed by atoms with Gasteiger partial charge in [0.1, 0.15) is 11.9 Å². The number of carbonyl (C=O) groups is 1. The molecule has 2 aromatic heterocycles. The quantitative estimate of drug-likeness (QED) is 0.647. The number of fused-ring (bicyclic) bond motifs is 5. The van der Waals surface area contributed by atoms with Crippen LogP contribution in [0.3, 0.4) is 0 Å².